The van der Waals surface area contributed by atoms with Crippen molar-refractivity contribution in [2.24, 2.45) is 0 Å². The molecule has 1 aliphatic rings. The summed E-state index contributed by atoms with van der Waals surface area (Å²) in [6.07, 6.45) is 3.77. The molecule has 0 saturated carbocycles. The Morgan fingerprint density at radius 2 is 1.83 bits per heavy atom. The van der Waals surface area contributed by atoms with Gasteiger partial charge in [-0.15, -0.1) is 0 Å². The summed E-state index contributed by atoms with van der Waals surface area (Å²) in [6, 6.07) is 18.6. The number of carbonyl (C=O) groups is 1. The molecule has 5 heteroatoms. The molecule has 0 atom stereocenters. The van der Waals surface area contributed by atoms with Crippen molar-refractivity contribution in [1.82, 2.24) is 10.3 Å². The second kappa shape index (κ2) is 9.05. The fraction of sp³-hybridized carbons (Fsp3) is 0.333. The first-order valence-electron chi connectivity index (χ1n) is 10.4. The molecule has 2 heterocycles. The van der Waals surface area contributed by atoms with E-state index < -0.39 is 0 Å². The molecule has 0 spiro atoms. The molecule has 0 unspecified atom stereocenters. The van der Waals surface area contributed by atoms with E-state index in [1.165, 1.54) is 37.1 Å². The van der Waals surface area contributed by atoms with Crippen molar-refractivity contribution >= 4 is 28.3 Å². The van der Waals surface area contributed by atoms with Crippen molar-refractivity contribution in [3.8, 4) is 0 Å². The van der Waals surface area contributed by atoms with E-state index >= 15 is 0 Å². The third kappa shape index (κ3) is 4.93. The van der Waals surface area contributed by atoms with Crippen molar-refractivity contribution < 1.29 is 4.79 Å². The lowest BCUT2D eigenvalue weighted by Crippen LogP contribution is -2.31. The highest BCUT2D eigenvalue weighted by Gasteiger charge is 2.17. The maximum absolute atomic E-state index is 11.3. The van der Waals surface area contributed by atoms with E-state index in [9.17, 15) is 4.79 Å². The SMILES string of the molecule is CC(=O)Nc1cccc(CNCc2cc3ccccc3nc2N2CCCCC2)c1. The Balaban J connectivity index is 1.51. The zero-order valence-electron chi connectivity index (χ0n) is 16.9. The van der Waals surface area contributed by atoms with Crippen LogP contribution in [0.15, 0.2) is 54.6 Å². The molecular formula is C24H28N4O. The molecule has 150 valence electrons. The molecule has 2 N–H and O–H groups in total. The van der Waals surface area contributed by atoms with Gasteiger partial charge >= 0.3 is 0 Å². The van der Waals surface area contributed by atoms with Gasteiger partial charge in [0.1, 0.15) is 5.82 Å². The van der Waals surface area contributed by atoms with E-state index in [-0.39, 0.29) is 5.91 Å². The van der Waals surface area contributed by atoms with Gasteiger partial charge in [-0.3, -0.25) is 4.79 Å². The van der Waals surface area contributed by atoms with E-state index in [4.69, 9.17) is 4.98 Å². The molecule has 1 amide bonds. The van der Waals surface area contributed by atoms with Crippen LogP contribution in [-0.4, -0.2) is 24.0 Å². The number of pyridine rings is 1. The van der Waals surface area contributed by atoms with E-state index in [1.807, 2.05) is 18.2 Å². The predicted molar refractivity (Wildman–Crippen MR) is 119 cm³/mol. The van der Waals surface area contributed by atoms with Gasteiger partial charge in [0.05, 0.1) is 5.52 Å². The molecule has 0 aliphatic carbocycles. The number of hydrogen-bond donors (Lipinski definition) is 2. The zero-order valence-corrected chi connectivity index (χ0v) is 16.9. The number of fused-ring (bicyclic) bond motifs is 1. The van der Waals surface area contributed by atoms with Crippen LogP contribution in [0, 0.1) is 0 Å². The Kier molecular flexibility index (Phi) is 6.06. The van der Waals surface area contributed by atoms with Crippen LogP contribution in [0.1, 0.15) is 37.3 Å². The third-order valence-electron chi connectivity index (χ3n) is 5.33. The number of carbonyl (C=O) groups excluding carboxylic acids is 1. The number of para-hydroxylation sites is 1. The Morgan fingerprint density at radius 1 is 1.00 bits per heavy atom. The summed E-state index contributed by atoms with van der Waals surface area (Å²) in [5, 5.41) is 7.58. The molecule has 3 aromatic rings. The second-order valence-corrected chi connectivity index (χ2v) is 7.70. The number of aromatic nitrogens is 1. The first-order chi connectivity index (χ1) is 14.2. The van der Waals surface area contributed by atoms with Gasteiger partial charge in [0.15, 0.2) is 0 Å². The van der Waals surface area contributed by atoms with Gasteiger partial charge in [-0.1, -0.05) is 30.3 Å². The molecule has 0 radical (unpaired) electrons. The van der Waals surface area contributed by atoms with Gasteiger partial charge in [-0.05, 0) is 49.1 Å². The Labute approximate surface area is 172 Å². The number of rotatable bonds is 6. The highest BCUT2D eigenvalue weighted by Crippen LogP contribution is 2.26. The molecule has 2 aromatic carbocycles. The van der Waals surface area contributed by atoms with E-state index in [0.717, 1.165) is 48.8 Å². The molecule has 1 fully saturated rings. The number of anilines is 2. The summed E-state index contributed by atoms with van der Waals surface area (Å²) in [6.45, 7) is 5.18. The van der Waals surface area contributed by atoms with Gasteiger partial charge in [0.2, 0.25) is 5.91 Å². The average Bonchev–Trinajstić information content (AvgIpc) is 2.74. The van der Waals surface area contributed by atoms with Crippen LogP contribution in [0.25, 0.3) is 10.9 Å². The molecule has 1 saturated heterocycles. The van der Waals surface area contributed by atoms with Gasteiger partial charge in [0.25, 0.3) is 0 Å². The van der Waals surface area contributed by atoms with Crippen LogP contribution < -0.4 is 15.5 Å². The van der Waals surface area contributed by atoms with Crippen LogP contribution in [0.5, 0.6) is 0 Å². The van der Waals surface area contributed by atoms with Crippen LogP contribution in [0.2, 0.25) is 0 Å². The Hall–Kier alpha value is -2.92. The van der Waals surface area contributed by atoms with E-state index in [1.54, 1.807) is 0 Å². The topological polar surface area (TPSA) is 57.3 Å². The largest absolute Gasteiger partial charge is 0.356 e. The predicted octanol–water partition coefficient (Wildman–Crippen LogP) is 4.47. The van der Waals surface area contributed by atoms with E-state index in [2.05, 4.69) is 51.9 Å². The number of nitrogens with zero attached hydrogens (tertiary/aromatic N) is 2. The number of amides is 1. The number of piperidine rings is 1. The van der Waals surface area contributed by atoms with Gasteiger partial charge in [0, 0.05) is 49.7 Å². The zero-order chi connectivity index (χ0) is 20.1. The van der Waals surface area contributed by atoms with Crippen LogP contribution in [0.3, 0.4) is 0 Å². The van der Waals surface area contributed by atoms with Gasteiger partial charge in [-0.2, -0.15) is 0 Å². The molecule has 4 rings (SSSR count). The summed E-state index contributed by atoms with van der Waals surface area (Å²) in [4.78, 5) is 18.7. The first kappa shape index (κ1) is 19.4. The van der Waals surface area contributed by atoms with Gasteiger partial charge < -0.3 is 15.5 Å². The fourth-order valence-corrected chi connectivity index (χ4v) is 3.96. The standard InChI is InChI=1S/C24H28N4O/c1-18(29)26-22-10-7-8-19(14-22)16-25-17-21-15-20-9-3-4-11-23(20)27-24(21)28-12-5-2-6-13-28/h3-4,7-11,14-15,25H,2,5-6,12-13,16-17H2,1H3,(H,26,29). The lowest BCUT2D eigenvalue weighted by Gasteiger charge is -2.30. The number of hydrogen-bond acceptors (Lipinski definition) is 4. The van der Waals surface area contributed by atoms with Crippen molar-refractivity contribution in [2.45, 2.75) is 39.3 Å². The summed E-state index contributed by atoms with van der Waals surface area (Å²) in [5.74, 6) is 1.06. The van der Waals surface area contributed by atoms with Crippen molar-refractivity contribution in [3.05, 3.63) is 65.7 Å². The second-order valence-electron chi connectivity index (χ2n) is 7.70. The first-order valence-corrected chi connectivity index (χ1v) is 10.4. The lowest BCUT2D eigenvalue weighted by molar-refractivity contribution is -0.114. The Morgan fingerprint density at radius 3 is 2.66 bits per heavy atom. The van der Waals surface area contributed by atoms with Crippen molar-refractivity contribution in [1.29, 1.82) is 0 Å². The summed E-state index contributed by atoms with van der Waals surface area (Å²) >= 11 is 0. The third-order valence-corrected chi connectivity index (χ3v) is 5.33. The van der Waals surface area contributed by atoms with E-state index in [0.29, 0.717) is 0 Å². The summed E-state index contributed by atoms with van der Waals surface area (Å²) < 4.78 is 0. The molecule has 5 nitrogen and oxygen atoms in total. The monoisotopic (exact) mass is 388 g/mol. The highest BCUT2D eigenvalue weighted by atomic mass is 16.1. The normalized spacial score (nSPS) is 14.2. The average molecular weight is 389 g/mol. The summed E-state index contributed by atoms with van der Waals surface area (Å²) in [5.41, 5.74) is 4.27. The number of benzene rings is 2. The molecule has 29 heavy (non-hydrogen) atoms. The maximum Gasteiger partial charge on any atom is 0.221 e. The van der Waals surface area contributed by atoms with Crippen molar-refractivity contribution in [3.63, 3.8) is 0 Å². The minimum atomic E-state index is -0.0523. The fourth-order valence-electron chi connectivity index (χ4n) is 3.96. The molecule has 0 bridgehead atoms. The van der Waals surface area contributed by atoms with Crippen molar-refractivity contribution in [2.75, 3.05) is 23.3 Å². The Bertz CT molecular complexity index is 995. The molecular weight excluding hydrogens is 360 g/mol. The number of nitrogens with one attached hydrogen (secondary N) is 2. The quantitative estimate of drug-likeness (QED) is 0.654. The van der Waals surface area contributed by atoms with Gasteiger partial charge in [-0.25, -0.2) is 4.98 Å². The minimum Gasteiger partial charge on any atom is -0.356 e. The smallest absolute Gasteiger partial charge is 0.221 e. The van der Waals surface area contributed by atoms with Crippen LogP contribution in [0.4, 0.5) is 11.5 Å². The molecule has 1 aliphatic heterocycles. The van der Waals surface area contributed by atoms with Crippen LogP contribution >= 0.6 is 0 Å². The minimum absolute atomic E-state index is 0.0523. The van der Waals surface area contributed by atoms with Crippen LogP contribution in [-0.2, 0) is 17.9 Å². The molecule has 1 aromatic heterocycles. The lowest BCUT2D eigenvalue weighted by atomic mass is 10.1. The summed E-state index contributed by atoms with van der Waals surface area (Å²) in [7, 11) is 0. The maximum atomic E-state index is 11.3. The highest BCUT2D eigenvalue weighted by molar-refractivity contribution is 5.88.